The van der Waals surface area contributed by atoms with Gasteiger partial charge in [0.15, 0.2) is 0 Å². The minimum Gasteiger partial charge on any atom is -0.387 e. The summed E-state index contributed by atoms with van der Waals surface area (Å²) in [6.07, 6.45) is 70.6. The van der Waals surface area contributed by atoms with Crippen molar-refractivity contribution in [3.63, 3.8) is 0 Å². The number of nitrogens with one attached hydrogen (secondary N) is 1. The molecule has 0 aliphatic rings. The van der Waals surface area contributed by atoms with E-state index in [1.54, 1.807) is 6.08 Å². The molecule has 0 heterocycles. The lowest BCUT2D eigenvalue weighted by Crippen LogP contribution is -2.45. The van der Waals surface area contributed by atoms with E-state index in [2.05, 4.69) is 129 Å². The van der Waals surface area contributed by atoms with E-state index in [1.165, 1.54) is 57.8 Å². The average Bonchev–Trinajstić information content (AvgIpc) is 3.27. The molecule has 0 saturated heterocycles. The van der Waals surface area contributed by atoms with Gasteiger partial charge in [0.2, 0.25) is 5.91 Å². The van der Waals surface area contributed by atoms with E-state index < -0.39 is 20.0 Å². The fourth-order valence-corrected chi connectivity index (χ4v) is 7.36. The molecule has 8 nitrogen and oxygen atoms in total. The lowest BCUT2D eigenvalue weighted by Gasteiger charge is -2.25. The number of phosphoric ester groups is 1. The number of hydrogen-bond acceptors (Lipinski definition) is 5. The van der Waals surface area contributed by atoms with E-state index in [0.29, 0.717) is 17.4 Å². The van der Waals surface area contributed by atoms with Crippen molar-refractivity contribution in [2.45, 2.75) is 193 Å². The van der Waals surface area contributed by atoms with Gasteiger partial charge in [-0.15, -0.1) is 0 Å². The summed E-state index contributed by atoms with van der Waals surface area (Å²) >= 11 is 0. The number of aliphatic hydroxyl groups excluding tert-OH is 1. The van der Waals surface area contributed by atoms with Crippen molar-refractivity contribution >= 4 is 13.7 Å². The zero-order valence-corrected chi connectivity index (χ0v) is 43.5. The second-order valence-electron chi connectivity index (χ2n) is 18.2. The van der Waals surface area contributed by atoms with Crippen LogP contribution in [0.1, 0.15) is 181 Å². The molecule has 0 aliphatic heterocycles. The van der Waals surface area contributed by atoms with Crippen LogP contribution in [0.5, 0.6) is 0 Å². The van der Waals surface area contributed by atoms with Crippen LogP contribution in [0.4, 0.5) is 0 Å². The van der Waals surface area contributed by atoms with Gasteiger partial charge in [0.1, 0.15) is 13.2 Å². The van der Waals surface area contributed by atoms with Crippen LogP contribution >= 0.6 is 7.82 Å². The van der Waals surface area contributed by atoms with Crippen molar-refractivity contribution < 1.29 is 32.9 Å². The average molecular weight is 938 g/mol. The maximum absolute atomic E-state index is 12.8. The zero-order valence-electron chi connectivity index (χ0n) is 42.6. The molecule has 0 rings (SSSR count). The molecule has 0 spiro atoms. The van der Waals surface area contributed by atoms with Crippen LogP contribution in [0.2, 0.25) is 0 Å². The minimum absolute atomic E-state index is 0.0546. The second-order valence-corrected chi connectivity index (χ2v) is 19.6. The Labute approximate surface area is 405 Å². The van der Waals surface area contributed by atoms with Crippen molar-refractivity contribution in [2.24, 2.45) is 0 Å². The van der Waals surface area contributed by atoms with Crippen molar-refractivity contribution in [2.75, 3.05) is 40.9 Å². The van der Waals surface area contributed by atoms with Crippen LogP contribution in [0, 0.1) is 0 Å². The molecule has 66 heavy (non-hydrogen) atoms. The first kappa shape index (κ1) is 62.9. The Morgan fingerprint density at radius 2 is 0.909 bits per heavy atom. The Morgan fingerprint density at radius 1 is 0.530 bits per heavy atom. The topological polar surface area (TPSA) is 105 Å². The number of hydrogen-bond donors (Lipinski definition) is 3. The summed E-state index contributed by atoms with van der Waals surface area (Å²) in [5.74, 6) is -0.194. The molecule has 3 atom stereocenters. The van der Waals surface area contributed by atoms with E-state index in [4.69, 9.17) is 9.05 Å². The van der Waals surface area contributed by atoms with Crippen molar-refractivity contribution in [3.8, 4) is 0 Å². The van der Waals surface area contributed by atoms with Gasteiger partial charge in [0.25, 0.3) is 0 Å². The third-order valence-electron chi connectivity index (χ3n) is 10.7. The molecule has 0 aromatic heterocycles. The molecular weight excluding hydrogens is 840 g/mol. The molecule has 0 aromatic carbocycles. The molecule has 376 valence electrons. The Hall–Kier alpha value is -3.10. The van der Waals surface area contributed by atoms with Gasteiger partial charge >= 0.3 is 7.82 Å². The highest BCUT2D eigenvalue weighted by Gasteiger charge is 2.27. The Morgan fingerprint density at radius 3 is 1.33 bits per heavy atom. The second kappa shape index (κ2) is 47.0. The van der Waals surface area contributed by atoms with Crippen molar-refractivity contribution in [1.82, 2.24) is 5.32 Å². The van der Waals surface area contributed by atoms with E-state index in [-0.39, 0.29) is 19.1 Å². The molecule has 0 aliphatic carbocycles. The molecule has 0 aromatic rings. The molecule has 3 unspecified atom stereocenters. The predicted molar refractivity (Wildman–Crippen MR) is 285 cm³/mol. The summed E-state index contributed by atoms with van der Waals surface area (Å²) < 4.78 is 23.4. The van der Waals surface area contributed by atoms with Gasteiger partial charge in [-0.3, -0.25) is 13.8 Å². The lowest BCUT2D eigenvalue weighted by atomic mass is 10.0. The SMILES string of the molecule is CC/C=C\C/C=C\C/C=C\C/C=C\C/C=C\C/C=C\C/C=C\C/C=C\C/C=C\CCCCCCCCCCCCCC(=O)NC(COP(=O)(O)OCC[N+](C)(C)C)C(O)/C=C/CCCCC. The number of unbranched alkanes of at least 4 members (excludes halogenated alkanes) is 14. The van der Waals surface area contributed by atoms with E-state index in [0.717, 1.165) is 103 Å². The number of aliphatic hydroxyl groups is 1. The lowest BCUT2D eigenvalue weighted by molar-refractivity contribution is -0.870. The van der Waals surface area contributed by atoms with Crippen molar-refractivity contribution in [3.05, 3.63) is 122 Å². The Kier molecular flexibility index (Phi) is 44.8. The summed E-state index contributed by atoms with van der Waals surface area (Å²) in [6.45, 7) is 4.56. The number of carbonyl (C=O) groups is 1. The predicted octanol–water partition coefficient (Wildman–Crippen LogP) is 15.4. The number of allylic oxidation sites excluding steroid dienone is 19. The normalized spacial score (nSPS) is 15.1. The first-order valence-corrected chi connectivity index (χ1v) is 27.4. The minimum atomic E-state index is -4.33. The zero-order chi connectivity index (χ0) is 48.5. The maximum Gasteiger partial charge on any atom is 0.472 e. The van der Waals surface area contributed by atoms with E-state index in [1.807, 2.05) is 27.2 Å². The first-order valence-electron chi connectivity index (χ1n) is 25.9. The quantitative estimate of drug-likeness (QED) is 0.0243. The van der Waals surface area contributed by atoms with Gasteiger partial charge in [0.05, 0.1) is 39.9 Å². The van der Waals surface area contributed by atoms with Gasteiger partial charge in [-0.25, -0.2) is 4.57 Å². The number of rotatable bonds is 45. The molecule has 3 N–H and O–H groups in total. The van der Waals surface area contributed by atoms with Gasteiger partial charge in [-0.05, 0) is 89.9 Å². The van der Waals surface area contributed by atoms with Gasteiger partial charge in [0, 0.05) is 6.42 Å². The van der Waals surface area contributed by atoms with Crippen LogP contribution in [0.25, 0.3) is 0 Å². The highest BCUT2D eigenvalue weighted by molar-refractivity contribution is 7.47. The molecular formula is C57H98N2O6P+. The highest BCUT2D eigenvalue weighted by Crippen LogP contribution is 2.43. The third kappa shape index (κ3) is 48.8. The Bertz CT molecular complexity index is 1480. The van der Waals surface area contributed by atoms with Crippen LogP contribution in [-0.4, -0.2) is 73.4 Å². The number of carbonyl (C=O) groups excluding carboxylic acids is 1. The molecule has 0 fully saturated rings. The fourth-order valence-electron chi connectivity index (χ4n) is 6.62. The first-order chi connectivity index (χ1) is 32.0. The summed E-state index contributed by atoms with van der Waals surface area (Å²) in [5.41, 5.74) is 0. The largest absolute Gasteiger partial charge is 0.472 e. The molecule has 0 radical (unpaired) electrons. The smallest absolute Gasteiger partial charge is 0.387 e. The van der Waals surface area contributed by atoms with Crippen LogP contribution in [-0.2, 0) is 18.4 Å². The number of nitrogens with zero attached hydrogens (tertiary/aromatic N) is 1. The van der Waals surface area contributed by atoms with E-state index in [9.17, 15) is 19.4 Å². The molecule has 1 amide bonds. The number of quaternary nitrogens is 1. The number of phosphoric acid groups is 1. The number of likely N-dealkylation sites (N-methyl/N-ethyl adjacent to an activating group) is 1. The van der Waals surface area contributed by atoms with Gasteiger partial charge in [-0.2, -0.15) is 0 Å². The highest BCUT2D eigenvalue weighted by atomic mass is 31.2. The Balaban J connectivity index is 3.91. The molecule has 0 saturated carbocycles. The van der Waals surface area contributed by atoms with Crippen LogP contribution in [0.15, 0.2) is 122 Å². The standard InChI is InChI=1S/C57H97N2O6P/c1-6-8-10-12-13-14-15-16-17-18-19-20-21-22-23-24-25-26-27-28-29-30-31-32-33-34-35-36-37-38-39-40-41-42-43-44-45-47-49-51-57(61)58-55(56(60)50-48-46-11-9-7-2)54-65-66(62,63)64-53-52-59(3,4)5/h8,10,13-14,16-17,19-20,22-23,25-26,28-29,31-32,34-35,48,50,55-56,60H,6-7,9,11-12,15,18,21,24,27,30,33,36-47,49,51-54H2,1-5H3,(H-,58,61,62,63)/p+1/b10-8-,14-13-,17-16-,20-19-,23-22-,26-25-,29-28-,32-31-,35-34-,50-48+. The van der Waals surface area contributed by atoms with Gasteiger partial charge < -0.3 is 19.8 Å². The van der Waals surface area contributed by atoms with Crippen LogP contribution < -0.4 is 5.32 Å². The number of amides is 1. The van der Waals surface area contributed by atoms with Crippen molar-refractivity contribution in [1.29, 1.82) is 0 Å². The third-order valence-corrected chi connectivity index (χ3v) is 11.7. The summed E-state index contributed by atoms with van der Waals surface area (Å²) in [5, 5.41) is 13.6. The van der Waals surface area contributed by atoms with Gasteiger partial charge in [-0.1, -0.05) is 206 Å². The monoisotopic (exact) mass is 938 g/mol. The van der Waals surface area contributed by atoms with Crippen LogP contribution in [0.3, 0.4) is 0 Å². The fraction of sp³-hybridized carbons (Fsp3) is 0.632. The molecule has 0 bridgehead atoms. The molecule has 9 heteroatoms. The van der Waals surface area contributed by atoms with E-state index >= 15 is 0 Å². The summed E-state index contributed by atoms with van der Waals surface area (Å²) in [7, 11) is 1.55. The summed E-state index contributed by atoms with van der Waals surface area (Å²) in [4.78, 5) is 23.0. The summed E-state index contributed by atoms with van der Waals surface area (Å²) in [6, 6.07) is -0.851. The maximum atomic E-state index is 12.8.